The first-order valence-corrected chi connectivity index (χ1v) is 6.49. The van der Waals surface area contributed by atoms with Crippen molar-refractivity contribution in [3.63, 3.8) is 0 Å². The molecule has 0 atom stereocenters. The van der Waals surface area contributed by atoms with E-state index >= 15 is 0 Å². The van der Waals surface area contributed by atoms with Gasteiger partial charge < -0.3 is 15.6 Å². The van der Waals surface area contributed by atoms with Gasteiger partial charge in [0.15, 0.2) is 0 Å². The first-order chi connectivity index (χ1) is 9.63. The highest BCUT2D eigenvalue weighted by atomic mass is 15.0. The molecule has 2 heterocycles. The number of anilines is 2. The second kappa shape index (κ2) is 4.85. The summed E-state index contributed by atoms with van der Waals surface area (Å²) in [5.41, 5.74) is 10.8. The Hall–Kier alpha value is -2.56. The van der Waals surface area contributed by atoms with Crippen LogP contribution >= 0.6 is 0 Å². The summed E-state index contributed by atoms with van der Waals surface area (Å²) in [5.74, 6) is 0.831. The molecule has 20 heavy (non-hydrogen) atoms. The molecule has 1 aromatic carbocycles. The van der Waals surface area contributed by atoms with Crippen LogP contribution in [-0.4, -0.2) is 14.5 Å². The van der Waals surface area contributed by atoms with E-state index in [4.69, 9.17) is 5.73 Å². The number of nitrogens with one attached hydrogen (secondary N) is 1. The molecule has 3 rings (SSSR count). The summed E-state index contributed by atoms with van der Waals surface area (Å²) >= 11 is 0. The van der Waals surface area contributed by atoms with Gasteiger partial charge in [-0.05, 0) is 36.2 Å². The molecule has 0 aliphatic rings. The Labute approximate surface area is 117 Å². The summed E-state index contributed by atoms with van der Waals surface area (Å²) in [6.45, 7) is 2.69. The lowest BCUT2D eigenvalue weighted by molar-refractivity contribution is 0.947. The number of hydrogen-bond acceptors (Lipinski definition) is 4. The molecule has 0 amide bonds. The van der Waals surface area contributed by atoms with Gasteiger partial charge in [-0.3, -0.25) is 0 Å². The van der Waals surface area contributed by atoms with E-state index < -0.39 is 0 Å². The number of aryl methyl sites for hydroxylation is 2. The molecular weight excluding hydrogens is 250 g/mol. The topological polar surface area (TPSA) is 68.8 Å². The lowest BCUT2D eigenvalue weighted by atomic mass is 10.2. The molecule has 5 heteroatoms. The average Bonchev–Trinajstić information content (AvgIpc) is 2.81. The monoisotopic (exact) mass is 267 g/mol. The summed E-state index contributed by atoms with van der Waals surface area (Å²) in [5, 5.41) is 3.30. The minimum atomic E-state index is 0.711. The number of nitrogens with two attached hydrogens (primary N) is 1. The Kier molecular flexibility index (Phi) is 3.02. The Morgan fingerprint density at radius 3 is 2.90 bits per heavy atom. The van der Waals surface area contributed by atoms with Crippen LogP contribution < -0.4 is 11.1 Å². The number of aromatic nitrogens is 3. The highest BCUT2D eigenvalue weighted by Crippen LogP contribution is 2.16. The van der Waals surface area contributed by atoms with E-state index in [9.17, 15) is 0 Å². The van der Waals surface area contributed by atoms with Crippen molar-refractivity contribution in [2.24, 2.45) is 7.05 Å². The predicted octanol–water partition coefficient (Wildman–Crippen LogP) is 2.47. The third-order valence-corrected chi connectivity index (χ3v) is 3.41. The molecule has 0 aliphatic carbocycles. The molecule has 0 saturated heterocycles. The van der Waals surface area contributed by atoms with E-state index in [0.29, 0.717) is 12.2 Å². The number of nitrogen functional groups attached to an aromatic ring is 1. The van der Waals surface area contributed by atoms with Crippen LogP contribution in [-0.2, 0) is 13.6 Å². The van der Waals surface area contributed by atoms with Gasteiger partial charge in [0.2, 0.25) is 0 Å². The van der Waals surface area contributed by atoms with Gasteiger partial charge in [-0.2, -0.15) is 0 Å². The third kappa shape index (κ3) is 2.30. The van der Waals surface area contributed by atoms with Crippen molar-refractivity contribution in [1.82, 2.24) is 14.5 Å². The summed E-state index contributed by atoms with van der Waals surface area (Å²) in [6.07, 6.45) is 3.51. The number of pyridine rings is 1. The van der Waals surface area contributed by atoms with Crippen molar-refractivity contribution in [3.05, 3.63) is 47.9 Å². The van der Waals surface area contributed by atoms with Crippen LogP contribution in [0.3, 0.4) is 0 Å². The molecule has 102 valence electrons. The zero-order valence-corrected chi connectivity index (χ0v) is 11.6. The van der Waals surface area contributed by atoms with E-state index in [1.54, 1.807) is 6.20 Å². The Morgan fingerprint density at radius 2 is 2.10 bits per heavy atom. The molecule has 0 radical (unpaired) electrons. The Balaban J connectivity index is 1.77. The van der Waals surface area contributed by atoms with Crippen molar-refractivity contribution in [1.29, 1.82) is 0 Å². The van der Waals surface area contributed by atoms with Crippen molar-refractivity contribution in [2.75, 3.05) is 11.1 Å². The lowest BCUT2D eigenvalue weighted by Crippen LogP contribution is -2.02. The number of hydrogen-bond donors (Lipinski definition) is 2. The summed E-state index contributed by atoms with van der Waals surface area (Å²) < 4.78 is 2.01. The van der Waals surface area contributed by atoms with Crippen LogP contribution in [0.15, 0.2) is 36.8 Å². The zero-order chi connectivity index (χ0) is 14.1. The molecule has 3 N–H and O–H groups in total. The largest absolute Gasteiger partial charge is 0.397 e. The van der Waals surface area contributed by atoms with Crippen LogP contribution in [0.4, 0.5) is 11.5 Å². The third-order valence-electron chi connectivity index (χ3n) is 3.41. The predicted molar refractivity (Wildman–Crippen MR) is 81.4 cm³/mol. The fourth-order valence-electron chi connectivity index (χ4n) is 2.15. The molecule has 2 aromatic heterocycles. The van der Waals surface area contributed by atoms with Gasteiger partial charge in [0, 0.05) is 13.6 Å². The van der Waals surface area contributed by atoms with Gasteiger partial charge in [-0.15, -0.1) is 0 Å². The second-order valence-corrected chi connectivity index (χ2v) is 4.96. The van der Waals surface area contributed by atoms with Gasteiger partial charge >= 0.3 is 0 Å². The van der Waals surface area contributed by atoms with Crippen LogP contribution in [0.1, 0.15) is 11.1 Å². The lowest BCUT2D eigenvalue weighted by Gasteiger charge is -2.08. The molecule has 0 bridgehead atoms. The Bertz CT molecular complexity index is 760. The fourth-order valence-corrected chi connectivity index (χ4v) is 2.15. The number of imidazole rings is 1. The first-order valence-electron chi connectivity index (χ1n) is 6.49. The maximum absolute atomic E-state index is 5.76. The number of benzene rings is 1. The minimum Gasteiger partial charge on any atom is -0.397 e. The Morgan fingerprint density at radius 1 is 1.25 bits per heavy atom. The summed E-state index contributed by atoms with van der Waals surface area (Å²) in [4.78, 5) is 8.63. The standard InChI is InChI=1S/C15H17N5/c1-10-5-15(18-8-12(10)16)17-7-11-3-4-14-13(6-11)19-9-20(14)2/h3-6,8-9H,7,16H2,1-2H3,(H,17,18). The van der Waals surface area contributed by atoms with E-state index in [1.807, 2.05) is 30.9 Å². The molecule has 0 aliphatic heterocycles. The van der Waals surface area contributed by atoms with Crippen LogP contribution in [0.25, 0.3) is 11.0 Å². The van der Waals surface area contributed by atoms with Crippen LogP contribution in [0, 0.1) is 6.92 Å². The van der Waals surface area contributed by atoms with Gasteiger partial charge in [0.25, 0.3) is 0 Å². The maximum Gasteiger partial charge on any atom is 0.126 e. The van der Waals surface area contributed by atoms with Crippen molar-refractivity contribution in [2.45, 2.75) is 13.5 Å². The maximum atomic E-state index is 5.76. The second-order valence-electron chi connectivity index (χ2n) is 4.96. The van der Waals surface area contributed by atoms with E-state index in [1.165, 1.54) is 5.56 Å². The quantitative estimate of drug-likeness (QED) is 0.765. The fraction of sp³-hybridized carbons (Fsp3) is 0.200. The molecule has 0 unspecified atom stereocenters. The average molecular weight is 267 g/mol. The normalized spacial score (nSPS) is 10.9. The molecule has 0 fully saturated rings. The summed E-state index contributed by atoms with van der Waals surface area (Å²) in [6, 6.07) is 8.23. The molecule has 0 spiro atoms. The van der Waals surface area contributed by atoms with Crippen molar-refractivity contribution in [3.8, 4) is 0 Å². The molecule has 3 aromatic rings. The highest BCUT2D eigenvalue weighted by molar-refractivity contribution is 5.76. The number of nitrogens with zero attached hydrogens (tertiary/aromatic N) is 3. The van der Waals surface area contributed by atoms with Gasteiger partial charge in [-0.25, -0.2) is 9.97 Å². The molecule has 5 nitrogen and oxygen atoms in total. The molecular formula is C15H17N5. The number of rotatable bonds is 3. The van der Waals surface area contributed by atoms with Crippen molar-refractivity contribution < 1.29 is 0 Å². The van der Waals surface area contributed by atoms with E-state index in [0.717, 1.165) is 22.4 Å². The zero-order valence-electron chi connectivity index (χ0n) is 11.6. The van der Waals surface area contributed by atoms with Crippen molar-refractivity contribution >= 4 is 22.5 Å². The van der Waals surface area contributed by atoms with Gasteiger partial charge in [0.05, 0.1) is 29.2 Å². The van der Waals surface area contributed by atoms with Gasteiger partial charge in [0.1, 0.15) is 5.82 Å². The highest BCUT2D eigenvalue weighted by Gasteiger charge is 2.02. The van der Waals surface area contributed by atoms with E-state index in [2.05, 4.69) is 33.5 Å². The van der Waals surface area contributed by atoms with Gasteiger partial charge in [-0.1, -0.05) is 6.07 Å². The summed E-state index contributed by atoms with van der Waals surface area (Å²) in [7, 11) is 1.99. The first kappa shape index (κ1) is 12.5. The van der Waals surface area contributed by atoms with E-state index in [-0.39, 0.29) is 0 Å². The molecule has 0 saturated carbocycles. The minimum absolute atomic E-state index is 0.711. The van der Waals surface area contributed by atoms with Crippen LogP contribution in [0.2, 0.25) is 0 Å². The smallest absolute Gasteiger partial charge is 0.126 e. The number of fused-ring (bicyclic) bond motifs is 1. The van der Waals surface area contributed by atoms with Crippen LogP contribution in [0.5, 0.6) is 0 Å². The SMILES string of the molecule is Cc1cc(NCc2ccc3c(c2)ncn3C)ncc1N.